The summed E-state index contributed by atoms with van der Waals surface area (Å²) >= 11 is 0. The largest absolute Gasteiger partial charge is 0.394 e. The maximum Gasteiger partial charge on any atom is 0.220 e. The van der Waals surface area contributed by atoms with Crippen LogP contribution in [0.1, 0.15) is 309 Å². The molecular weight excluding hydrogens is 1190 g/mol. The minimum Gasteiger partial charge on any atom is -0.394 e. The lowest BCUT2D eigenvalue weighted by Gasteiger charge is -2.48. The summed E-state index contributed by atoms with van der Waals surface area (Å²) in [5, 5.41) is 121. The molecule has 0 aromatic carbocycles. The molecule has 1 amide bonds. The number of amides is 1. The summed E-state index contributed by atoms with van der Waals surface area (Å²) in [4.78, 5) is 13.4. The van der Waals surface area contributed by atoms with Crippen molar-refractivity contribution in [3.63, 3.8) is 0 Å². The van der Waals surface area contributed by atoms with E-state index in [-0.39, 0.29) is 18.9 Å². The quantitative estimate of drug-likeness (QED) is 0.0199. The average Bonchev–Trinajstić information content (AvgIpc) is 0.805. The summed E-state index contributed by atoms with van der Waals surface area (Å²) in [6.45, 7) is 1.80. The first kappa shape index (κ1) is 85.5. The fourth-order valence-corrected chi connectivity index (χ4v) is 13.1. The van der Waals surface area contributed by atoms with Crippen molar-refractivity contribution in [3.8, 4) is 0 Å². The molecule has 93 heavy (non-hydrogen) atoms. The van der Waals surface area contributed by atoms with Gasteiger partial charge in [0.25, 0.3) is 0 Å². The van der Waals surface area contributed by atoms with E-state index in [1.165, 1.54) is 225 Å². The average molecular weight is 1330 g/mol. The number of ether oxygens (including phenoxy) is 6. The number of nitrogens with one attached hydrogen (secondary N) is 1. The van der Waals surface area contributed by atoms with E-state index < -0.39 is 124 Å². The fraction of sp³-hybridized carbons (Fsp3) is 0.932. The Morgan fingerprint density at radius 3 is 1.10 bits per heavy atom. The van der Waals surface area contributed by atoms with Crippen LogP contribution in [0.2, 0.25) is 0 Å². The van der Waals surface area contributed by atoms with Gasteiger partial charge in [0.15, 0.2) is 18.9 Å². The summed E-state index contributed by atoms with van der Waals surface area (Å²) in [6.07, 6.45) is 38.8. The van der Waals surface area contributed by atoms with Crippen LogP contribution in [0.5, 0.6) is 0 Å². The molecule has 3 fully saturated rings. The summed E-state index contributed by atoms with van der Waals surface area (Å²) in [6, 6.07) is -0.883. The molecular formula is C74H139NO18. The minimum atomic E-state index is -1.97. The zero-order valence-corrected chi connectivity index (χ0v) is 58.3. The van der Waals surface area contributed by atoms with Gasteiger partial charge in [-0.3, -0.25) is 4.79 Å². The molecule has 0 aromatic rings. The highest BCUT2D eigenvalue weighted by Gasteiger charge is 2.53. The normalized spacial score (nSPS) is 27.6. The van der Waals surface area contributed by atoms with Gasteiger partial charge in [-0.05, 0) is 44.9 Å². The predicted octanol–water partition coefficient (Wildman–Crippen LogP) is 11.4. The molecule has 3 rings (SSSR count). The second-order valence-electron chi connectivity index (χ2n) is 27.5. The van der Waals surface area contributed by atoms with E-state index in [1.54, 1.807) is 0 Å². The van der Waals surface area contributed by atoms with Crippen LogP contribution in [0, 0.1) is 0 Å². The minimum absolute atomic E-state index is 0.238. The molecule has 17 atom stereocenters. The van der Waals surface area contributed by atoms with Crippen LogP contribution in [0.15, 0.2) is 24.3 Å². The summed E-state index contributed by atoms with van der Waals surface area (Å²) in [7, 11) is 0. The van der Waals surface area contributed by atoms with Gasteiger partial charge in [0.2, 0.25) is 5.91 Å². The van der Waals surface area contributed by atoms with Gasteiger partial charge in [-0.2, -0.15) is 0 Å². The molecule has 0 radical (unpaired) electrons. The van der Waals surface area contributed by atoms with Crippen molar-refractivity contribution in [1.29, 1.82) is 0 Å². The zero-order valence-electron chi connectivity index (χ0n) is 58.3. The molecule has 3 aliphatic heterocycles. The topological polar surface area (TPSA) is 307 Å². The maximum absolute atomic E-state index is 13.4. The van der Waals surface area contributed by atoms with E-state index in [1.807, 2.05) is 0 Å². The zero-order chi connectivity index (χ0) is 67.5. The van der Waals surface area contributed by atoms with E-state index in [2.05, 4.69) is 43.5 Å². The highest BCUT2D eigenvalue weighted by molar-refractivity contribution is 5.76. The Kier molecular flexibility index (Phi) is 51.5. The first-order chi connectivity index (χ1) is 45.3. The molecule has 0 bridgehead atoms. The number of unbranched alkanes of at least 4 members (excludes halogenated alkanes) is 40. The number of carbonyl (C=O) groups excluding carboxylic acids is 1. The second-order valence-corrected chi connectivity index (χ2v) is 27.5. The van der Waals surface area contributed by atoms with Gasteiger partial charge < -0.3 is 89.9 Å². The van der Waals surface area contributed by atoms with Crippen LogP contribution in [0.25, 0.3) is 0 Å². The SMILES string of the molecule is CCCCCCC/C=C\C/C=C\CCCCCCCCCCCCCCCCCCCCCCCCCCCC(=O)NC(COC1OC(CO)C(OC2OC(CO)C(OC3OC(CO)C(O)C(O)C3O)C(O)C2O)C(O)C1O)C(O)CCCCCCCCCCCCC. The number of aliphatic hydroxyl groups is 11. The highest BCUT2D eigenvalue weighted by Crippen LogP contribution is 2.33. The molecule has 17 unspecified atom stereocenters. The van der Waals surface area contributed by atoms with Crippen molar-refractivity contribution in [3.05, 3.63) is 24.3 Å². The lowest BCUT2D eigenvalue weighted by atomic mass is 9.96. The standard InChI is InChI=1S/C74H139NO18/c1-3-5-7-9-11-13-15-16-17-18-19-20-21-22-23-24-25-26-27-28-29-30-31-32-33-34-35-36-37-38-39-40-42-44-46-48-50-52-62(80)75-57(58(79)51-49-47-45-43-41-14-12-10-8-6-4-2)56-88-72-68(86)65(83)70(60(54-77)90-72)93-74-69(87)66(84)71(61(55-78)91-74)92-73-67(85)64(82)63(81)59(53-76)89-73/h15-16,18-19,57-61,63-74,76-79,81-87H,3-14,17,20-56H2,1-2H3,(H,75,80)/b16-15-,19-18-. The lowest BCUT2D eigenvalue weighted by molar-refractivity contribution is -0.379. The summed E-state index contributed by atoms with van der Waals surface area (Å²) < 4.78 is 34.4. The molecule has 3 heterocycles. The van der Waals surface area contributed by atoms with Crippen molar-refractivity contribution in [2.75, 3.05) is 26.4 Å². The number of aliphatic hydroxyl groups excluding tert-OH is 11. The third-order valence-corrected chi connectivity index (χ3v) is 19.3. The summed E-state index contributed by atoms with van der Waals surface area (Å²) in [5.74, 6) is -0.238. The van der Waals surface area contributed by atoms with Gasteiger partial charge in [-0.15, -0.1) is 0 Å². The number of allylic oxidation sites excluding steroid dienone is 4. The number of carbonyl (C=O) groups is 1. The van der Waals surface area contributed by atoms with Crippen LogP contribution in [-0.4, -0.2) is 193 Å². The monoisotopic (exact) mass is 1330 g/mol. The van der Waals surface area contributed by atoms with Crippen molar-refractivity contribution in [2.24, 2.45) is 0 Å². The molecule has 3 saturated heterocycles. The predicted molar refractivity (Wildman–Crippen MR) is 365 cm³/mol. The van der Waals surface area contributed by atoms with E-state index in [4.69, 9.17) is 28.4 Å². The third kappa shape index (κ3) is 37.3. The molecule has 12 N–H and O–H groups in total. The summed E-state index contributed by atoms with van der Waals surface area (Å²) in [5.41, 5.74) is 0. The van der Waals surface area contributed by atoms with E-state index in [9.17, 15) is 61.0 Å². The van der Waals surface area contributed by atoms with Crippen molar-refractivity contribution in [2.45, 2.75) is 413 Å². The first-order valence-corrected chi connectivity index (χ1v) is 38.1. The van der Waals surface area contributed by atoms with E-state index in [0.29, 0.717) is 12.8 Å². The number of hydrogen-bond acceptors (Lipinski definition) is 18. The second kappa shape index (κ2) is 56.1. The molecule has 0 spiro atoms. The first-order valence-electron chi connectivity index (χ1n) is 38.1. The van der Waals surface area contributed by atoms with Crippen LogP contribution in [-0.2, 0) is 33.2 Å². The van der Waals surface area contributed by atoms with Gasteiger partial charge in [-0.25, -0.2) is 0 Å². The van der Waals surface area contributed by atoms with Gasteiger partial charge in [0.05, 0.1) is 38.6 Å². The Morgan fingerprint density at radius 2 is 0.710 bits per heavy atom. The molecule has 19 nitrogen and oxygen atoms in total. The van der Waals surface area contributed by atoms with E-state index in [0.717, 1.165) is 51.4 Å². The van der Waals surface area contributed by atoms with Gasteiger partial charge in [0, 0.05) is 6.42 Å². The smallest absolute Gasteiger partial charge is 0.220 e. The van der Waals surface area contributed by atoms with Crippen molar-refractivity contribution in [1.82, 2.24) is 5.32 Å². The van der Waals surface area contributed by atoms with Crippen LogP contribution < -0.4 is 5.32 Å². The molecule has 0 saturated carbocycles. The van der Waals surface area contributed by atoms with Crippen molar-refractivity contribution >= 4 is 5.91 Å². The van der Waals surface area contributed by atoms with Gasteiger partial charge in [0.1, 0.15) is 73.2 Å². The molecule has 548 valence electrons. The molecule has 0 aliphatic carbocycles. The van der Waals surface area contributed by atoms with Crippen LogP contribution >= 0.6 is 0 Å². The molecule has 3 aliphatic rings. The number of rotatable bonds is 60. The van der Waals surface area contributed by atoms with Crippen LogP contribution in [0.4, 0.5) is 0 Å². The number of hydrogen-bond donors (Lipinski definition) is 12. The fourth-order valence-electron chi connectivity index (χ4n) is 13.1. The van der Waals surface area contributed by atoms with Gasteiger partial charge >= 0.3 is 0 Å². The van der Waals surface area contributed by atoms with Gasteiger partial charge in [-0.1, -0.05) is 282 Å². The Labute approximate surface area is 562 Å². The Balaban J connectivity index is 1.28. The van der Waals surface area contributed by atoms with E-state index >= 15 is 0 Å². The van der Waals surface area contributed by atoms with Crippen molar-refractivity contribution < 1.29 is 89.4 Å². The Bertz CT molecular complexity index is 1780. The maximum atomic E-state index is 13.4. The Morgan fingerprint density at radius 1 is 0.387 bits per heavy atom. The molecule has 19 heteroatoms. The highest BCUT2D eigenvalue weighted by atomic mass is 16.8. The molecule has 0 aromatic heterocycles. The lowest BCUT2D eigenvalue weighted by Crippen LogP contribution is -2.66. The third-order valence-electron chi connectivity index (χ3n) is 19.3. The van der Waals surface area contributed by atoms with Crippen LogP contribution in [0.3, 0.4) is 0 Å². The Hall–Kier alpha value is -1.73.